The van der Waals surface area contributed by atoms with Crippen LogP contribution in [-0.2, 0) is 9.53 Å². The van der Waals surface area contributed by atoms with Gasteiger partial charge < -0.3 is 4.74 Å². The lowest BCUT2D eigenvalue weighted by molar-refractivity contribution is -0.136. The van der Waals surface area contributed by atoms with Crippen molar-refractivity contribution in [2.45, 2.75) is 52.4 Å². The van der Waals surface area contributed by atoms with E-state index in [9.17, 15) is 4.79 Å². The molecule has 0 N–H and O–H groups in total. The molecule has 0 saturated heterocycles. The molecule has 2 heteroatoms. The first kappa shape index (κ1) is 13.2. The lowest BCUT2D eigenvalue weighted by Crippen LogP contribution is -2.45. The molecule has 4 saturated carbocycles. The maximum absolute atomic E-state index is 12.0. The summed E-state index contributed by atoms with van der Waals surface area (Å²) in [5, 5.41) is 0. The average Bonchev–Trinajstić information content (AvgIpc) is 2.33. The van der Waals surface area contributed by atoms with E-state index in [1.54, 1.807) is 0 Å². The molecule has 2 nitrogen and oxygen atoms in total. The Hall–Kier alpha value is -0.790. The Morgan fingerprint density at radius 3 is 1.95 bits per heavy atom. The van der Waals surface area contributed by atoms with E-state index in [0.717, 1.165) is 23.3 Å². The number of ether oxygens (including phenoxy) is 1. The quantitative estimate of drug-likeness (QED) is 0.568. The van der Waals surface area contributed by atoms with Gasteiger partial charge in [0.2, 0.25) is 0 Å². The molecule has 4 rings (SSSR count). The van der Waals surface area contributed by atoms with Crippen LogP contribution in [0.1, 0.15) is 52.4 Å². The molecule has 4 fully saturated rings. The largest absolute Gasteiger partial charge is 0.466 e. The van der Waals surface area contributed by atoms with Crippen molar-refractivity contribution in [3.05, 3.63) is 11.6 Å². The molecule has 0 aromatic heterocycles. The zero-order chi connectivity index (χ0) is 13.6. The highest BCUT2D eigenvalue weighted by molar-refractivity contribution is 5.88. The smallest absolute Gasteiger partial charge is 0.333 e. The van der Waals surface area contributed by atoms with E-state index in [1.165, 1.54) is 45.6 Å². The predicted octanol–water partition coefficient (Wildman–Crippen LogP) is 3.96. The molecule has 0 aromatic carbocycles. The number of carbonyl (C=O) groups excluding carboxylic acids is 1. The fraction of sp³-hybridized carbons (Fsp3) is 0.824. The van der Waals surface area contributed by atoms with Crippen LogP contribution in [0, 0.1) is 29.1 Å². The molecule has 4 aliphatic carbocycles. The maximum atomic E-state index is 12.0. The van der Waals surface area contributed by atoms with E-state index < -0.39 is 0 Å². The van der Waals surface area contributed by atoms with Gasteiger partial charge in [0.1, 0.15) is 0 Å². The Morgan fingerprint density at radius 1 is 1.11 bits per heavy atom. The Morgan fingerprint density at radius 2 is 1.58 bits per heavy atom. The van der Waals surface area contributed by atoms with Crippen molar-refractivity contribution in [1.29, 1.82) is 0 Å². The van der Waals surface area contributed by atoms with Crippen LogP contribution >= 0.6 is 0 Å². The topological polar surface area (TPSA) is 26.3 Å². The Kier molecular flexibility index (Phi) is 3.23. The van der Waals surface area contributed by atoms with Gasteiger partial charge in [-0.1, -0.05) is 19.9 Å². The van der Waals surface area contributed by atoms with Gasteiger partial charge in [-0.2, -0.15) is 0 Å². The molecular formula is C17H26O2. The van der Waals surface area contributed by atoms with E-state index in [2.05, 4.69) is 19.9 Å². The minimum absolute atomic E-state index is 0.120. The molecule has 0 amide bonds. The van der Waals surface area contributed by atoms with Crippen LogP contribution < -0.4 is 0 Å². The Balaban J connectivity index is 1.90. The second-order valence-corrected chi connectivity index (χ2v) is 7.53. The molecule has 0 heterocycles. The van der Waals surface area contributed by atoms with Gasteiger partial charge in [0.25, 0.3) is 0 Å². The van der Waals surface area contributed by atoms with Crippen molar-refractivity contribution >= 4 is 5.97 Å². The lowest BCUT2D eigenvalue weighted by Gasteiger charge is -2.56. The third-order valence-electron chi connectivity index (χ3n) is 5.59. The highest BCUT2D eigenvalue weighted by Gasteiger charge is 2.50. The van der Waals surface area contributed by atoms with Crippen molar-refractivity contribution in [3.8, 4) is 0 Å². The zero-order valence-electron chi connectivity index (χ0n) is 12.4. The fourth-order valence-corrected chi connectivity index (χ4v) is 5.26. The van der Waals surface area contributed by atoms with Gasteiger partial charge in [-0.25, -0.2) is 4.79 Å². The first-order valence-corrected chi connectivity index (χ1v) is 7.82. The van der Waals surface area contributed by atoms with Gasteiger partial charge in [0, 0.05) is 5.57 Å². The van der Waals surface area contributed by atoms with Crippen LogP contribution in [0.5, 0.6) is 0 Å². The fourth-order valence-electron chi connectivity index (χ4n) is 5.26. The number of carbonyl (C=O) groups is 1. The first-order valence-electron chi connectivity index (χ1n) is 7.82. The highest BCUT2D eigenvalue weighted by Crippen LogP contribution is 2.61. The maximum Gasteiger partial charge on any atom is 0.333 e. The van der Waals surface area contributed by atoms with Crippen molar-refractivity contribution in [2.24, 2.45) is 29.1 Å². The lowest BCUT2D eigenvalue weighted by atomic mass is 9.49. The van der Waals surface area contributed by atoms with Gasteiger partial charge in [0.15, 0.2) is 0 Å². The van der Waals surface area contributed by atoms with Crippen molar-refractivity contribution < 1.29 is 9.53 Å². The standard InChI is InChI=1S/C17H26O2/c1-11(2)15(16(18)19-3)10-17-7-12-4-13(8-17)6-14(5-12)9-17/h10-14H,4-9H2,1-3H3. The molecule has 106 valence electrons. The van der Waals surface area contributed by atoms with Gasteiger partial charge in [-0.05, 0) is 67.6 Å². The van der Waals surface area contributed by atoms with Gasteiger partial charge in [0.05, 0.1) is 7.11 Å². The Bertz CT molecular complexity index is 370. The number of allylic oxidation sites excluding steroid dienone is 1. The summed E-state index contributed by atoms with van der Waals surface area (Å²) in [4.78, 5) is 12.0. The molecule has 4 aliphatic rings. The van der Waals surface area contributed by atoms with Crippen LogP contribution in [0.2, 0.25) is 0 Å². The molecule has 4 bridgehead atoms. The molecule has 0 unspecified atom stereocenters. The SMILES string of the molecule is COC(=O)C(=CC12CC3CC(CC(C3)C1)C2)C(C)C. The summed E-state index contributed by atoms with van der Waals surface area (Å²) in [7, 11) is 1.50. The van der Waals surface area contributed by atoms with Gasteiger partial charge in [-0.3, -0.25) is 0 Å². The van der Waals surface area contributed by atoms with Gasteiger partial charge in [-0.15, -0.1) is 0 Å². The second-order valence-electron chi connectivity index (χ2n) is 7.53. The van der Waals surface area contributed by atoms with E-state index in [-0.39, 0.29) is 11.9 Å². The summed E-state index contributed by atoms with van der Waals surface area (Å²) >= 11 is 0. The normalized spacial score (nSPS) is 40.8. The van der Waals surface area contributed by atoms with Crippen LogP contribution in [-0.4, -0.2) is 13.1 Å². The summed E-state index contributed by atoms with van der Waals surface area (Å²) in [5.41, 5.74) is 1.23. The summed E-state index contributed by atoms with van der Waals surface area (Å²) in [6.45, 7) is 4.20. The second kappa shape index (κ2) is 4.64. The number of esters is 1. The van der Waals surface area contributed by atoms with Crippen molar-refractivity contribution in [1.82, 2.24) is 0 Å². The van der Waals surface area contributed by atoms with Crippen LogP contribution in [0.15, 0.2) is 11.6 Å². The first-order chi connectivity index (χ1) is 9.01. The minimum Gasteiger partial charge on any atom is -0.466 e. The third kappa shape index (κ3) is 2.34. The summed E-state index contributed by atoms with van der Waals surface area (Å²) < 4.78 is 4.98. The third-order valence-corrected chi connectivity index (χ3v) is 5.59. The number of methoxy groups -OCH3 is 1. The van der Waals surface area contributed by atoms with E-state index in [0.29, 0.717) is 5.41 Å². The molecule has 0 aliphatic heterocycles. The summed E-state index contributed by atoms with van der Waals surface area (Å²) in [6, 6.07) is 0. The van der Waals surface area contributed by atoms with Gasteiger partial charge >= 0.3 is 5.97 Å². The highest BCUT2D eigenvalue weighted by atomic mass is 16.5. The number of hydrogen-bond donors (Lipinski definition) is 0. The van der Waals surface area contributed by atoms with Crippen LogP contribution in [0.3, 0.4) is 0 Å². The average molecular weight is 262 g/mol. The molecule has 0 aromatic rings. The van der Waals surface area contributed by atoms with E-state index in [4.69, 9.17) is 4.74 Å². The Labute approximate surface area is 116 Å². The van der Waals surface area contributed by atoms with Crippen molar-refractivity contribution in [3.63, 3.8) is 0 Å². The number of rotatable bonds is 3. The molecular weight excluding hydrogens is 236 g/mol. The van der Waals surface area contributed by atoms with Crippen LogP contribution in [0.25, 0.3) is 0 Å². The molecule has 19 heavy (non-hydrogen) atoms. The predicted molar refractivity (Wildman–Crippen MR) is 75.5 cm³/mol. The molecule has 0 atom stereocenters. The minimum atomic E-state index is -0.120. The monoisotopic (exact) mass is 262 g/mol. The summed E-state index contributed by atoms with van der Waals surface area (Å²) in [5.74, 6) is 2.92. The summed E-state index contributed by atoms with van der Waals surface area (Å²) in [6.07, 6.45) is 10.6. The van der Waals surface area contributed by atoms with E-state index >= 15 is 0 Å². The van der Waals surface area contributed by atoms with Crippen molar-refractivity contribution in [2.75, 3.05) is 7.11 Å². The zero-order valence-corrected chi connectivity index (χ0v) is 12.4. The number of hydrogen-bond acceptors (Lipinski definition) is 2. The van der Waals surface area contributed by atoms with Crippen LogP contribution in [0.4, 0.5) is 0 Å². The molecule has 0 spiro atoms. The van der Waals surface area contributed by atoms with E-state index in [1.807, 2.05) is 0 Å². The molecule has 0 radical (unpaired) electrons.